The summed E-state index contributed by atoms with van der Waals surface area (Å²) in [7, 11) is 0. The second-order valence-corrected chi connectivity index (χ2v) is 6.55. The minimum atomic E-state index is -0.299. The van der Waals surface area contributed by atoms with Crippen molar-refractivity contribution in [1.29, 1.82) is 0 Å². The number of amides is 1. The van der Waals surface area contributed by atoms with Crippen LogP contribution in [0.1, 0.15) is 30.1 Å². The lowest BCUT2D eigenvalue weighted by atomic mass is 9.95. The van der Waals surface area contributed by atoms with Gasteiger partial charge in [-0.15, -0.1) is 0 Å². The van der Waals surface area contributed by atoms with Gasteiger partial charge in [0.15, 0.2) is 0 Å². The summed E-state index contributed by atoms with van der Waals surface area (Å²) in [5, 5.41) is 3.64. The van der Waals surface area contributed by atoms with Crippen LogP contribution in [0.2, 0.25) is 5.02 Å². The highest BCUT2D eigenvalue weighted by molar-refractivity contribution is 14.1. The maximum Gasteiger partial charge on any atom is 0.251 e. The van der Waals surface area contributed by atoms with Crippen LogP contribution < -0.4 is 11.1 Å². The van der Waals surface area contributed by atoms with Gasteiger partial charge in [-0.2, -0.15) is 0 Å². The molecule has 1 unspecified atom stereocenters. The second-order valence-electron chi connectivity index (χ2n) is 4.98. The standard InChI is InChI=1S/C13H16ClIN2O/c1-13(7-16,9-3-4-9)17-12(18)8-2-5-11(15)10(14)6-8/h2,5-6,9H,3-4,7,16H2,1H3,(H,17,18). The van der Waals surface area contributed by atoms with Crippen molar-refractivity contribution in [3.63, 3.8) is 0 Å². The third kappa shape index (κ3) is 2.97. The van der Waals surface area contributed by atoms with Crippen molar-refractivity contribution in [2.75, 3.05) is 6.54 Å². The molecule has 0 saturated heterocycles. The van der Waals surface area contributed by atoms with Gasteiger partial charge in [-0.1, -0.05) is 11.6 Å². The summed E-state index contributed by atoms with van der Waals surface area (Å²) >= 11 is 8.16. The van der Waals surface area contributed by atoms with Crippen molar-refractivity contribution >= 4 is 40.1 Å². The van der Waals surface area contributed by atoms with Crippen LogP contribution in [0.3, 0.4) is 0 Å². The first kappa shape index (κ1) is 14.1. The van der Waals surface area contributed by atoms with Crippen LogP contribution >= 0.6 is 34.2 Å². The number of halogens is 2. The number of rotatable bonds is 4. The molecule has 0 radical (unpaired) electrons. The summed E-state index contributed by atoms with van der Waals surface area (Å²) in [6, 6.07) is 5.32. The largest absolute Gasteiger partial charge is 0.345 e. The highest BCUT2D eigenvalue weighted by Crippen LogP contribution is 2.39. The molecule has 1 aliphatic carbocycles. The van der Waals surface area contributed by atoms with E-state index in [0.29, 0.717) is 23.0 Å². The molecule has 0 heterocycles. The molecule has 5 heteroatoms. The molecule has 1 fully saturated rings. The fraction of sp³-hybridized carbons (Fsp3) is 0.462. The van der Waals surface area contributed by atoms with Gasteiger partial charge in [0.1, 0.15) is 0 Å². The highest BCUT2D eigenvalue weighted by Gasteiger charge is 2.41. The van der Waals surface area contributed by atoms with E-state index in [1.807, 2.05) is 13.0 Å². The number of nitrogens with two attached hydrogens (primary N) is 1. The molecule has 98 valence electrons. The molecule has 1 aliphatic rings. The van der Waals surface area contributed by atoms with Crippen molar-refractivity contribution in [1.82, 2.24) is 5.32 Å². The summed E-state index contributed by atoms with van der Waals surface area (Å²) < 4.78 is 0.939. The van der Waals surface area contributed by atoms with E-state index in [1.165, 1.54) is 0 Å². The zero-order valence-corrected chi connectivity index (χ0v) is 13.1. The first-order chi connectivity index (χ1) is 8.46. The van der Waals surface area contributed by atoms with Crippen molar-refractivity contribution < 1.29 is 4.79 Å². The molecule has 1 amide bonds. The van der Waals surface area contributed by atoms with Gasteiger partial charge in [0.05, 0.1) is 10.6 Å². The molecule has 0 aromatic heterocycles. The third-order valence-corrected chi connectivity index (χ3v) is 5.06. The molecule has 0 aliphatic heterocycles. The van der Waals surface area contributed by atoms with Gasteiger partial charge in [-0.05, 0) is 66.5 Å². The van der Waals surface area contributed by atoms with Gasteiger partial charge in [0.2, 0.25) is 0 Å². The molecule has 1 aromatic carbocycles. The van der Waals surface area contributed by atoms with Crippen molar-refractivity contribution in [2.45, 2.75) is 25.3 Å². The van der Waals surface area contributed by atoms with E-state index in [1.54, 1.807) is 12.1 Å². The molecule has 18 heavy (non-hydrogen) atoms. The van der Waals surface area contributed by atoms with E-state index in [4.69, 9.17) is 17.3 Å². The summed E-state index contributed by atoms with van der Waals surface area (Å²) in [6.07, 6.45) is 2.28. The van der Waals surface area contributed by atoms with Crippen LogP contribution in [0.15, 0.2) is 18.2 Å². The fourth-order valence-corrected chi connectivity index (χ4v) is 2.53. The third-order valence-electron chi connectivity index (χ3n) is 3.48. The summed E-state index contributed by atoms with van der Waals surface area (Å²) in [6.45, 7) is 2.47. The van der Waals surface area contributed by atoms with Crippen LogP contribution in [-0.2, 0) is 0 Å². The molecule has 3 nitrogen and oxygen atoms in total. The molecular weight excluding hydrogens is 363 g/mol. The number of hydrogen-bond acceptors (Lipinski definition) is 2. The maximum atomic E-state index is 12.2. The second kappa shape index (κ2) is 5.35. The SMILES string of the molecule is CC(CN)(NC(=O)c1ccc(I)c(Cl)c1)C1CC1. The van der Waals surface area contributed by atoms with E-state index < -0.39 is 0 Å². The molecule has 1 atom stereocenters. The average molecular weight is 379 g/mol. The lowest BCUT2D eigenvalue weighted by molar-refractivity contribution is 0.0898. The summed E-state index contributed by atoms with van der Waals surface area (Å²) in [5.74, 6) is 0.402. The van der Waals surface area contributed by atoms with Crippen molar-refractivity contribution in [2.24, 2.45) is 11.7 Å². The Hall–Kier alpha value is -0.330. The Kier molecular flexibility index (Phi) is 4.18. The lowest BCUT2D eigenvalue weighted by Gasteiger charge is -2.29. The molecule has 3 N–H and O–H groups in total. The van der Waals surface area contributed by atoms with Gasteiger partial charge in [0.25, 0.3) is 5.91 Å². The zero-order valence-electron chi connectivity index (χ0n) is 10.2. The number of carbonyl (C=O) groups excluding carboxylic acids is 1. The highest BCUT2D eigenvalue weighted by atomic mass is 127. The van der Waals surface area contributed by atoms with Crippen LogP contribution in [0.25, 0.3) is 0 Å². The van der Waals surface area contributed by atoms with E-state index in [0.717, 1.165) is 16.4 Å². The van der Waals surface area contributed by atoms with E-state index >= 15 is 0 Å². The molecular formula is C13H16ClIN2O. The maximum absolute atomic E-state index is 12.2. The first-order valence-electron chi connectivity index (χ1n) is 5.94. The van der Waals surface area contributed by atoms with Crippen LogP contribution in [-0.4, -0.2) is 18.0 Å². The minimum Gasteiger partial charge on any atom is -0.345 e. The Balaban J connectivity index is 2.13. The monoisotopic (exact) mass is 378 g/mol. The normalized spacial score (nSPS) is 18.2. The topological polar surface area (TPSA) is 55.1 Å². The van der Waals surface area contributed by atoms with Crippen LogP contribution in [0, 0.1) is 9.49 Å². The van der Waals surface area contributed by atoms with E-state index in [2.05, 4.69) is 27.9 Å². The Morgan fingerprint density at radius 3 is 2.78 bits per heavy atom. The van der Waals surface area contributed by atoms with Crippen LogP contribution in [0.5, 0.6) is 0 Å². The summed E-state index contributed by atoms with van der Waals surface area (Å²) in [4.78, 5) is 12.2. The number of benzene rings is 1. The number of hydrogen-bond donors (Lipinski definition) is 2. The van der Waals surface area contributed by atoms with Gasteiger partial charge in [0, 0.05) is 15.7 Å². The Morgan fingerprint density at radius 1 is 1.61 bits per heavy atom. The Morgan fingerprint density at radius 2 is 2.28 bits per heavy atom. The van der Waals surface area contributed by atoms with E-state index in [-0.39, 0.29) is 11.4 Å². The first-order valence-corrected chi connectivity index (χ1v) is 7.39. The Labute approximate surface area is 126 Å². The zero-order chi connectivity index (χ0) is 13.3. The molecule has 1 saturated carbocycles. The van der Waals surface area contributed by atoms with Gasteiger partial charge < -0.3 is 11.1 Å². The van der Waals surface area contributed by atoms with Gasteiger partial charge in [-0.3, -0.25) is 4.79 Å². The molecule has 0 spiro atoms. The predicted molar refractivity (Wildman–Crippen MR) is 81.8 cm³/mol. The number of nitrogens with one attached hydrogen (secondary N) is 1. The molecule has 2 rings (SSSR count). The summed E-state index contributed by atoms with van der Waals surface area (Å²) in [5.41, 5.74) is 6.07. The van der Waals surface area contributed by atoms with Crippen LogP contribution in [0.4, 0.5) is 0 Å². The fourth-order valence-electron chi connectivity index (χ4n) is 2.01. The molecule has 0 bridgehead atoms. The van der Waals surface area contributed by atoms with Gasteiger partial charge >= 0.3 is 0 Å². The van der Waals surface area contributed by atoms with Gasteiger partial charge in [-0.25, -0.2) is 0 Å². The smallest absolute Gasteiger partial charge is 0.251 e. The van der Waals surface area contributed by atoms with Crippen molar-refractivity contribution in [3.8, 4) is 0 Å². The van der Waals surface area contributed by atoms with Crippen molar-refractivity contribution in [3.05, 3.63) is 32.4 Å². The average Bonchev–Trinajstić information content (AvgIpc) is 3.16. The quantitative estimate of drug-likeness (QED) is 0.792. The van der Waals surface area contributed by atoms with E-state index in [9.17, 15) is 4.79 Å². The minimum absolute atomic E-state index is 0.104. The predicted octanol–water partition coefficient (Wildman–Crippen LogP) is 2.80. The lowest BCUT2D eigenvalue weighted by Crippen LogP contribution is -2.53. The number of carbonyl (C=O) groups is 1. The Bertz CT molecular complexity index is 476. The molecule has 1 aromatic rings.